The van der Waals surface area contributed by atoms with Crippen molar-refractivity contribution in [2.45, 2.75) is 13.3 Å². The third-order valence-corrected chi connectivity index (χ3v) is 2.19. The summed E-state index contributed by atoms with van der Waals surface area (Å²) in [6, 6.07) is 5.40. The van der Waals surface area contributed by atoms with Crippen LogP contribution in [0.25, 0.3) is 0 Å². The van der Waals surface area contributed by atoms with Gasteiger partial charge < -0.3 is 10.4 Å². The summed E-state index contributed by atoms with van der Waals surface area (Å²) < 4.78 is 0. The van der Waals surface area contributed by atoms with E-state index < -0.39 is 0 Å². The molecule has 3 heteroatoms. The van der Waals surface area contributed by atoms with Gasteiger partial charge in [-0.15, -0.1) is 0 Å². The molecule has 0 fully saturated rings. The molecular formula is C13H15NO2. The highest BCUT2D eigenvalue weighted by Gasteiger charge is 2.04. The number of rotatable bonds is 2. The zero-order valence-electron chi connectivity index (χ0n) is 9.50. The lowest BCUT2D eigenvalue weighted by molar-refractivity contribution is 0.0963. The Morgan fingerprint density at radius 2 is 2.25 bits per heavy atom. The van der Waals surface area contributed by atoms with Crippen molar-refractivity contribution in [2.75, 3.05) is 13.7 Å². The van der Waals surface area contributed by atoms with Crippen LogP contribution in [-0.4, -0.2) is 24.7 Å². The maximum atomic E-state index is 11.4. The first kappa shape index (κ1) is 12.3. The van der Waals surface area contributed by atoms with E-state index in [0.717, 1.165) is 11.1 Å². The van der Waals surface area contributed by atoms with Crippen molar-refractivity contribution in [3.05, 3.63) is 34.9 Å². The smallest absolute Gasteiger partial charge is 0.251 e. The van der Waals surface area contributed by atoms with Crippen molar-refractivity contribution >= 4 is 5.91 Å². The second kappa shape index (κ2) is 5.94. The molecule has 0 atom stereocenters. The maximum absolute atomic E-state index is 11.4. The van der Waals surface area contributed by atoms with E-state index in [4.69, 9.17) is 5.11 Å². The Morgan fingerprint density at radius 1 is 1.50 bits per heavy atom. The van der Waals surface area contributed by atoms with E-state index in [-0.39, 0.29) is 12.5 Å². The number of benzene rings is 1. The van der Waals surface area contributed by atoms with Gasteiger partial charge in [-0.1, -0.05) is 17.9 Å². The molecule has 16 heavy (non-hydrogen) atoms. The van der Waals surface area contributed by atoms with Gasteiger partial charge in [-0.05, 0) is 24.6 Å². The van der Waals surface area contributed by atoms with Crippen molar-refractivity contribution in [1.29, 1.82) is 0 Å². The average Bonchev–Trinajstić information content (AvgIpc) is 2.31. The topological polar surface area (TPSA) is 49.3 Å². The van der Waals surface area contributed by atoms with Gasteiger partial charge in [0, 0.05) is 24.6 Å². The molecule has 0 bridgehead atoms. The zero-order valence-corrected chi connectivity index (χ0v) is 9.50. The third-order valence-electron chi connectivity index (χ3n) is 2.19. The number of aliphatic hydroxyl groups excluding tert-OH is 1. The van der Waals surface area contributed by atoms with Crippen LogP contribution in [0.15, 0.2) is 18.2 Å². The summed E-state index contributed by atoms with van der Waals surface area (Å²) in [5.74, 6) is 5.67. The van der Waals surface area contributed by atoms with Gasteiger partial charge in [0.1, 0.15) is 0 Å². The molecule has 0 spiro atoms. The lowest BCUT2D eigenvalue weighted by Crippen LogP contribution is -2.17. The van der Waals surface area contributed by atoms with Crippen LogP contribution in [0.5, 0.6) is 0 Å². The van der Waals surface area contributed by atoms with Gasteiger partial charge in [0.15, 0.2) is 0 Å². The third kappa shape index (κ3) is 3.11. The molecule has 84 valence electrons. The minimum Gasteiger partial charge on any atom is -0.395 e. The molecule has 1 aromatic carbocycles. The number of hydrogen-bond acceptors (Lipinski definition) is 2. The molecule has 0 radical (unpaired) electrons. The first-order valence-electron chi connectivity index (χ1n) is 5.11. The van der Waals surface area contributed by atoms with E-state index in [1.54, 1.807) is 19.2 Å². The van der Waals surface area contributed by atoms with Crippen LogP contribution in [0.2, 0.25) is 0 Å². The molecule has 0 unspecified atom stereocenters. The van der Waals surface area contributed by atoms with Crippen molar-refractivity contribution in [2.24, 2.45) is 0 Å². The van der Waals surface area contributed by atoms with E-state index in [2.05, 4.69) is 17.2 Å². The second-order valence-electron chi connectivity index (χ2n) is 3.38. The van der Waals surface area contributed by atoms with Crippen molar-refractivity contribution in [1.82, 2.24) is 5.32 Å². The SMILES string of the molecule is CNC(=O)c1ccc(C)c(C#CCCO)c1. The molecule has 0 aliphatic carbocycles. The molecule has 1 rings (SSSR count). The van der Waals surface area contributed by atoms with Gasteiger partial charge in [0.2, 0.25) is 0 Å². The fraction of sp³-hybridized carbons (Fsp3) is 0.308. The highest BCUT2D eigenvalue weighted by Crippen LogP contribution is 2.10. The molecule has 0 saturated carbocycles. The first-order chi connectivity index (χ1) is 7.69. The van der Waals surface area contributed by atoms with Crippen LogP contribution in [0.1, 0.15) is 27.9 Å². The van der Waals surface area contributed by atoms with Crippen LogP contribution in [0, 0.1) is 18.8 Å². The molecular weight excluding hydrogens is 202 g/mol. The van der Waals surface area contributed by atoms with Crippen LogP contribution in [0.4, 0.5) is 0 Å². The quantitative estimate of drug-likeness (QED) is 0.728. The molecule has 0 saturated heterocycles. The van der Waals surface area contributed by atoms with Gasteiger partial charge in [0.25, 0.3) is 5.91 Å². The van der Waals surface area contributed by atoms with Gasteiger partial charge in [0.05, 0.1) is 6.61 Å². The van der Waals surface area contributed by atoms with Gasteiger partial charge in [-0.3, -0.25) is 4.79 Å². The minimum atomic E-state index is -0.120. The van der Waals surface area contributed by atoms with Crippen LogP contribution < -0.4 is 5.32 Å². The van der Waals surface area contributed by atoms with E-state index in [0.29, 0.717) is 12.0 Å². The van der Waals surface area contributed by atoms with E-state index in [1.807, 2.05) is 13.0 Å². The highest BCUT2D eigenvalue weighted by molar-refractivity contribution is 5.94. The van der Waals surface area contributed by atoms with Gasteiger partial charge in [-0.25, -0.2) is 0 Å². The molecule has 0 heterocycles. The molecule has 2 N–H and O–H groups in total. The lowest BCUT2D eigenvalue weighted by Gasteiger charge is -2.02. The van der Waals surface area contributed by atoms with E-state index in [9.17, 15) is 4.79 Å². The molecule has 0 aliphatic rings. The van der Waals surface area contributed by atoms with Gasteiger partial charge in [-0.2, -0.15) is 0 Å². The predicted molar refractivity (Wildman–Crippen MR) is 63.2 cm³/mol. The Labute approximate surface area is 95.5 Å². The lowest BCUT2D eigenvalue weighted by atomic mass is 10.0. The maximum Gasteiger partial charge on any atom is 0.251 e. The van der Waals surface area contributed by atoms with Gasteiger partial charge >= 0.3 is 0 Å². The standard InChI is InChI=1S/C13H15NO2/c1-10-6-7-12(13(16)14-2)9-11(10)5-3-4-8-15/h6-7,9,15H,4,8H2,1-2H3,(H,14,16). The summed E-state index contributed by atoms with van der Waals surface area (Å²) in [4.78, 5) is 11.4. The normalized spacial score (nSPS) is 9.19. The Bertz CT molecular complexity index is 441. The summed E-state index contributed by atoms with van der Waals surface area (Å²) >= 11 is 0. The number of hydrogen-bond donors (Lipinski definition) is 2. The number of nitrogens with one attached hydrogen (secondary N) is 1. The largest absolute Gasteiger partial charge is 0.395 e. The fourth-order valence-corrected chi connectivity index (χ4v) is 1.26. The Hall–Kier alpha value is -1.79. The van der Waals surface area contributed by atoms with E-state index in [1.165, 1.54) is 0 Å². The Balaban J connectivity index is 3.01. The Morgan fingerprint density at radius 3 is 2.88 bits per heavy atom. The van der Waals surface area contributed by atoms with Crippen LogP contribution in [0.3, 0.4) is 0 Å². The number of aryl methyl sites for hydroxylation is 1. The van der Waals surface area contributed by atoms with Crippen molar-refractivity contribution in [3.63, 3.8) is 0 Å². The molecule has 1 aromatic rings. The monoisotopic (exact) mass is 217 g/mol. The summed E-state index contributed by atoms with van der Waals surface area (Å²) in [5.41, 5.74) is 2.45. The average molecular weight is 217 g/mol. The van der Waals surface area contributed by atoms with Crippen LogP contribution in [-0.2, 0) is 0 Å². The first-order valence-corrected chi connectivity index (χ1v) is 5.11. The number of carbonyl (C=O) groups excluding carboxylic acids is 1. The predicted octanol–water partition coefficient (Wildman–Crippen LogP) is 1.09. The van der Waals surface area contributed by atoms with Crippen molar-refractivity contribution < 1.29 is 9.90 Å². The molecule has 0 aliphatic heterocycles. The summed E-state index contributed by atoms with van der Waals surface area (Å²) in [7, 11) is 1.60. The molecule has 3 nitrogen and oxygen atoms in total. The van der Waals surface area contributed by atoms with Crippen molar-refractivity contribution in [3.8, 4) is 11.8 Å². The Kier molecular flexibility index (Phi) is 4.56. The highest BCUT2D eigenvalue weighted by atomic mass is 16.2. The zero-order chi connectivity index (χ0) is 12.0. The number of carbonyl (C=O) groups is 1. The van der Waals surface area contributed by atoms with Crippen LogP contribution >= 0.6 is 0 Å². The fourth-order valence-electron chi connectivity index (χ4n) is 1.26. The number of aliphatic hydroxyl groups is 1. The second-order valence-corrected chi connectivity index (χ2v) is 3.38. The summed E-state index contributed by atoms with van der Waals surface area (Å²) in [5, 5.41) is 11.2. The number of amides is 1. The molecule has 1 amide bonds. The summed E-state index contributed by atoms with van der Waals surface area (Å²) in [6.45, 7) is 2.00. The van der Waals surface area contributed by atoms with E-state index >= 15 is 0 Å². The summed E-state index contributed by atoms with van der Waals surface area (Å²) in [6.07, 6.45) is 0.448. The minimum absolute atomic E-state index is 0.0567. The molecule has 0 aromatic heterocycles.